The third-order valence-electron chi connectivity index (χ3n) is 1.58. The van der Waals surface area contributed by atoms with Gasteiger partial charge >= 0.3 is 11.9 Å². The summed E-state index contributed by atoms with van der Waals surface area (Å²) in [6, 6.07) is 0. The quantitative estimate of drug-likeness (QED) is 0.613. The van der Waals surface area contributed by atoms with Gasteiger partial charge in [0.05, 0.1) is 7.11 Å². The number of aromatic nitrogens is 1. The van der Waals surface area contributed by atoms with Crippen molar-refractivity contribution in [2.24, 2.45) is 0 Å². The van der Waals surface area contributed by atoms with E-state index in [4.69, 9.17) is 0 Å². The molecule has 1 amide bonds. The summed E-state index contributed by atoms with van der Waals surface area (Å²) in [6.45, 7) is -0.454. The summed E-state index contributed by atoms with van der Waals surface area (Å²) in [5.41, 5.74) is 0. The van der Waals surface area contributed by atoms with Gasteiger partial charge in [0.2, 0.25) is 0 Å². The minimum absolute atomic E-state index is 0.418. The van der Waals surface area contributed by atoms with Crippen molar-refractivity contribution in [1.82, 2.24) is 4.98 Å². The molecule has 0 aliphatic heterocycles. The third-order valence-corrected chi connectivity index (χ3v) is 2.27. The van der Waals surface area contributed by atoms with Crippen LogP contribution in [0.1, 0.15) is 0 Å². The zero-order chi connectivity index (χ0) is 13.4. The topological polar surface area (TPSA) is 94.6 Å². The molecule has 7 nitrogen and oxygen atoms in total. The molecule has 0 aromatic carbocycles. The molecular weight excluding hydrogens is 260 g/mol. The number of rotatable bonds is 5. The van der Waals surface area contributed by atoms with Gasteiger partial charge in [0.15, 0.2) is 11.7 Å². The summed E-state index contributed by atoms with van der Waals surface area (Å²) >= 11 is 1.24. The first-order chi connectivity index (χ1) is 8.61. The van der Waals surface area contributed by atoms with Crippen LogP contribution in [0.5, 0.6) is 0 Å². The maximum Gasteiger partial charge on any atom is 0.331 e. The minimum atomic E-state index is -0.810. The number of nitrogens with zero attached hydrogens (tertiary/aromatic N) is 1. The number of carbonyl (C=O) groups is 3. The molecule has 1 aromatic rings. The second-order valence-electron chi connectivity index (χ2n) is 2.85. The molecule has 0 bridgehead atoms. The normalized spacial score (nSPS) is 10.1. The lowest BCUT2D eigenvalue weighted by Gasteiger charge is -2.01. The number of anilines is 1. The standard InChI is InChI=1S/C10H10N2O5S/c1-16-8(14)2-3-9(15)17-6-7(13)12-10-11-4-5-18-10/h2-5H,6H2,1H3,(H,11,12,13)/b3-2+. The highest BCUT2D eigenvalue weighted by Crippen LogP contribution is 2.09. The monoisotopic (exact) mass is 270 g/mol. The Morgan fingerprint density at radius 3 is 2.72 bits per heavy atom. The summed E-state index contributed by atoms with van der Waals surface area (Å²) in [7, 11) is 1.18. The SMILES string of the molecule is COC(=O)/C=C/C(=O)OCC(=O)Nc1nccs1. The molecule has 0 radical (unpaired) electrons. The Bertz CT molecular complexity index is 455. The molecule has 0 atom stereocenters. The molecule has 0 fully saturated rings. The first-order valence-electron chi connectivity index (χ1n) is 4.74. The van der Waals surface area contributed by atoms with Crippen molar-refractivity contribution in [2.45, 2.75) is 0 Å². The fraction of sp³-hybridized carbons (Fsp3) is 0.200. The van der Waals surface area contributed by atoms with Gasteiger partial charge in [-0.05, 0) is 0 Å². The van der Waals surface area contributed by atoms with Crippen molar-refractivity contribution >= 4 is 34.3 Å². The Kier molecular flexibility index (Phi) is 5.52. The zero-order valence-corrected chi connectivity index (χ0v) is 10.2. The smallest absolute Gasteiger partial charge is 0.331 e. The zero-order valence-electron chi connectivity index (χ0n) is 9.41. The first kappa shape index (κ1) is 13.8. The van der Waals surface area contributed by atoms with E-state index in [0.29, 0.717) is 5.13 Å². The molecule has 0 saturated carbocycles. The van der Waals surface area contributed by atoms with Gasteiger partial charge in [0, 0.05) is 23.7 Å². The van der Waals surface area contributed by atoms with Crippen LogP contribution in [0.15, 0.2) is 23.7 Å². The van der Waals surface area contributed by atoms with Crippen LogP contribution in [0.3, 0.4) is 0 Å². The Hall–Kier alpha value is -2.22. The van der Waals surface area contributed by atoms with Gasteiger partial charge in [-0.3, -0.25) is 10.1 Å². The molecule has 1 aromatic heterocycles. The van der Waals surface area contributed by atoms with Crippen LogP contribution in [0.4, 0.5) is 5.13 Å². The number of esters is 2. The number of nitrogens with one attached hydrogen (secondary N) is 1. The lowest BCUT2D eigenvalue weighted by molar-refractivity contribution is -0.142. The highest BCUT2D eigenvalue weighted by Gasteiger charge is 2.07. The maximum absolute atomic E-state index is 11.3. The Morgan fingerprint density at radius 2 is 2.11 bits per heavy atom. The molecule has 96 valence electrons. The second kappa shape index (κ2) is 7.17. The molecule has 8 heteroatoms. The fourth-order valence-corrected chi connectivity index (χ4v) is 1.37. The number of hydrogen-bond donors (Lipinski definition) is 1. The largest absolute Gasteiger partial charge is 0.466 e. The van der Waals surface area contributed by atoms with Crippen molar-refractivity contribution in [3.8, 4) is 0 Å². The summed E-state index contributed by atoms with van der Waals surface area (Å²) in [4.78, 5) is 36.8. The van der Waals surface area contributed by atoms with Crippen LogP contribution < -0.4 is 5.32 Å². The van der Waals surface area contributed by atoms with E-state index in [1.165, 1.54) is 24.6 Å². The van der Waals surface area contributed by atoms with E-state index >= 15 is 0 Å². The van der Waals surface area contributed by atoms with Gasteiger partial charge in [-0.1, -0.05) is 0 Å². The third kappa shape index (κ3) is 5.21. The molecule has 0 aliphatic rings. The van der Waals surface area contributed by atoms with E-state index in [-0.39, 0.29) is 0 Å². The fourth-order valence-electron chi connectivity index (χ4n) is 0.829. The van der Waals surface area contributed by atoms with E-state index in [0.717, 1.165) is 12.2 Å². The van der Waals surface area contributed by atoms with Crippen LogP contribution in [0, 0.1) is 0 Å². The van der Waals surface area contributed by atoms with Crippen molar-refractivity contribution in [2.75, 3.05) is 19.0 Å². The molecule has 18 heavy (non-hydrogen) atoms. The van der Waals surface area contributed by atoms with Crippen LogP contribution in [-0.2, 0) is 23.9 Å². The lowest BCUT2D eigenvalue weighted by Crippen LogP contribution is -2.20. The maximum atomic E-state index is 11.3. The number of ether oxygens (including phenoxy) is 2. The van der Waals surface area contributed by atoms with Gasteiger partial charge in [0.25, 0.3) is 5.91 Å². The van der Waals surface area contributed by atoms with E-state index in [2.05, 4.69) is 19.8 Å². The Balaban J connectivity index is 2.28. The Labute approximate surface area is 106 Å². The number of hydrogen-bond acceptors (Lipinski definition) is 7. The summed E-state index contributed by atoms with van der Waals surface area (Å²) in [6.07, 6.45) is 3.31. The lowest BCUT2D eigenvalue weighted by atomic mass is 10.5. The molecule has 1 N–H and O–H groups in total. The number of thiazole rings is 1. The van der Waals surface area contributed by atoms with E-state index in [1.807, 2.05) is 0 Å². The van der Waals surface area contributed by atoms with Crippen LogP contribution in [-0.4, -0.2) is 36.5 Å². The molecule has 1 rings (SSSR count). The van der Waals surface area contributed by atoms with E-state index < -0.39 is 24.5 Å². The molecule has 1 heterocycles. The average Bonchev–Trinajstić information content (AvgIpc) is 2.86. The van der Waals surface area contributed by atoms with Crippen LogP contribution in [0.2, 0.25) is 0 Å². The number of amides is 1. The minimum Gasteiger partial charge on any atom is -0.466 e. The molecule has 0 unspecified atom stereocenters. The predicted molar refractivity (Wildman–Crippen MR) is 62.9 cm³/mol. The molecule has 0 aliphatic carbocycles. The molecule has 0 spiro atoms. The van der Waals surface area contributed by atoms with Gasteiger partial charge in [0.1, 0.15) is 0 Å². The second-order valence-corrected chi connectivity index (χ2v) is 3.74. The Morgan fingerprint density at radius 1 is 1.39 bits per heavy atom. The van der Waals surface area contributed by atoms with Gasteiger partial charge in [-0.15, -0.1) is 11.3 Å². The van der Waals surface area contributed by atoms with Gasteiger partial charge in [-0.25, -0.2) is 14.6 Å². The van der Waals surface area contributed by atoms with Crippen LogP contribution >= 0.6 is 11.3 Å². The highest BCUT2D eigenvalue weighted by molar-refractivity contribution is 7.13. The van der Waals surface area contributed by atoms with Crippen molar-refractivity contribution in [3.05, 3.63) is 23.7 Å². The summed E-state index contributed by atoms with van der Waals surface area (Å²) in [5.74, 6) is -2.00. The first-order valence-corrected chi connectivity index (χ1v) is 5.62. The predicted octanol–water partition coefficient (Wildman–Crippen LogP) is 0.354. The van der Waals surface area contributed by atoms with Gasteiger partial charge < -0.3 is 9.47 Å². The van der Waals surface area contributed by atoms with Crippen molar-refractivity contribution in [1.29, 1.82) is 0 Å². The summed E-state index contributed by atoms with van der Waals surface area (Å²) < 4.78 is 8.86. The van der Waals surface area contributed by atoms with E-state index in [1.54, 1.807) is 5.38 Å². The van der Waals surface area contributed by atoms with Gasteiger partial charge in [-0.2, -0.15) is 0 Å². The molecular formula is C10H10N2O5S. The number of methoxy groups -OCH3 is 1. The molecule has 0 saturated heterocycles. The van der Waals surface area contributed by atoms with Crippen LogP contribution in [0.25, 0.3) is 0 Å². The average molecular weight is 270 g/mol. The number of carbonyl (C=O) groups excluding carboxylic acids is 3. The highest BCUT2D eigenvalue weighted by atomic mass is 32.1. The van der Waals surface area contributed by atoms with Crippen molar-refractivity contribution < 1.29 is 23.9 Å². The van der Waals surface area contributed by atoms with Crippen molar-refractivity contribution in [3.63, 3.8) is 0 Å². The summed E-state index contributed by atoms with van der Waals surface area (Å²) in [5, 5.41) is 4.54. The van der Waals surface area contributed by atoms with E-state index in [9.17, 15) is 14.4 Å².